The van der Waals surface area contributed by atoms with Crippen LogP contribution in [0.25, 0.3) is 0 Å². The third kappa shape index (κ3) is 2.72. The van der Waals surface area contributed by atoms with Crippen molar-refractivity contribution in [3.63, 3.8) is 0 Å². The first-order valence-corrected chi connectivity index (χ1v) is 6.34. The fourth-order valence-corrected chi connectivity index (χ4v) is 2.07. The van der Waals surface area contributed by atoms with Crippen LogP contribution in [0.1, 0.15) is 12.7 Å². The van der Waals surface area contributed by atoms with Crippen LogP contribution in [0.2, 0.25) is 0 Å². The normalized spacial score (nSPS) is 17.4. The highest BCUT2D eigenvalue weighted by molar-refractivity contribution is 6.17. The first-order valence-electron chi connectivity index (χ1n) is 6.34. The van der Waals surface area contributed by atoms with Gasteiger partial charge in [0.05, 0.1) is 18.4 Å². The number of rotatable bonds is 3. The van der Waals surface area contributed by atoms with E-state index in [4.69, 9.17) is 4.42 Å². The molecule has 0 radical (unpaired) electrons. The van der Waals surface area contributed by atoms with Crippen LogP contribution >= 0.6 is 0 Å². The number of amides is 2. The van der Waals surface area contributed by atoms with Gasteiger partial charge in [-0.3, -0.25) is 14.5 Å². The maximum absolute atomic E-state index is 12.5. The smallest absolute Gasteiger partial charge is 0.272 e. The van der Waals surface area contributed by atoms with Crippen molar-refractivity contribution in [3.05, 3.63) is 47.1 Å². The van der Waals surface area contributed by atoms with E-state index < -0.39 is 11.8 Å². The molecule has 21 heavy (non-hydrogen) atoms. The zero-order valence-corrected chi connectivity index (χ0v) is 12.1. The number of hydrogen-bond acceptors (Lipinski definition) is 5. The first kappa shape index (κ1) is 14.6. The lowest BCUT2D eigenvalue weighted by Gasteiger charge is -2.27. The third-order valence-electron chi connectivity index (χ3n) is 3.11. The average Bonchev–Trinajstić information content (AvgIpc) is 2.93. The van der Waals surface area contributed by atoms with Crippen molar-refractivity contribution < 1.29 is 14.0 Å². The second kappa shape index (κ2) is 5.67. The SMILES string of the molecule is CC1=C(C#N)C(=O)N(Cc2ccco2)C(=O)C1=CN(C)C. The zero-order chi connectivity index (χ0) is 15.6. The number of nitriles is 1. The molecule has 1 aromatic heterocycles. The number of carbonyl (C=O) groups is 2. The third-order valence-corrected chi connectivity index (χ3v) is 3.11. The summed E-state index contributed by atoms with van der Waals surface area (Å²) in [6.07, 6.45) is 3.08. The van der Waals surface area contributed by atoms with Gasteiger partial charge in [-0.1, -0.05) is 0 Å². The van der Waals surface area contributed by atoms with Gasteiger partial charge < -0.3 is 9.32 Å². The predicted molar refractivity (Wildman–Crippen MR) is 74.3 cm³/mol. The molecule has 108 valence electrons. The molecule has 1 aliphatic rings. The summed E-state index contributed by atoms with van der Waals surface area (Å²) in [5, 5.41) is 9.18. The van der Waals surface area contributed by atoms with Crippen LogP contribution < -0.4 is 0 Å². The first-order chi connectivity index (χ1) is 9.95. The van der Waals surface area contributed by atoms with Crippen molar-refractivity contribution in [2.24, 2.45) is 0 Å². The van der Waals surface area contributed by atoms with Crippen LogP contribution in [-0.4, -0.2) is 35.7 Å². The number of carbonyl (C=O) groups excluding carboxylic acids is 2. The molecule has 2 heterocycles. The Labute approximate surface area is 122 Å². The Hall–Kier alpha value is -2.81. The zero-order valence-electron chi connectivity index (χ0n) is 12.1. The molecule has 0 aliphatic carbocycles. The fraction of sp³-hybridized carbons (Fsp3) is 0.267. The summed E-state index contributed by atoms with van der Waals surface area (Å²) in [7, 11) is 3.54. The van der Waals surface area contributed by atoms with Crippen LogP contribution in [0.3, 0.4) is 0 Å². The van der Waals surface area contributed by atoms with Crippen LogP contribution in [0.15, 0.2) is 45.7 Å². The van der Waals surface area contributed by atoms with E-state index in [0.717, 1.165) is 4.90 Å². The lowest BCUT2D eigenvalue weighted by molar-refractivity contribution is -0.141. The molecular weight excluding hydrogens is 270 g/mol. The highest BCUT2D eigenvalue weighted by Crippen LogP contribution is 2.26. The van der Waals surface area contributed by atoms with Gasteiger partial charge in [-0.15, -0.1) is 0 Å². The Morgan fingerprint density at radius 1 is 1.38 bits per heavy atom. The van der Waals surface area contributed by atoms with Crippen LogP contribution in [-0.2, 0) is 16.1 Å². The summed E-state index contributed by atoms with van der Waals surface area (Å²) < 4.78 is 5.17. The molecule has 2 rings (SSSR count). The van der Waals surface area contributed by atoms with Gasteiger partial charge in [0, 0.05) is 20.3 Å². The van der Waals surface area contributed by atoms with Gasteiger partial charge in [-0.05, 0) is 24.6 Å². The molecule has 0 saturated heterocycles. The van der Waals surface area contributed by atoms with E-state index in [1.165, 1.54) is 6.26 Å². The lowest BCUT2D eigenvalue weighted by Crippen LogP contribution is -2.42. The molecular formula is C15H15N3O3. The quantitative estimate of drug-likeness (QED) is 0.620. The maximum atomic E-state index is 12.5. The van der Waals surface area contributed by atoms with Crippen molar-refractivity contribution in [2.75, 3.05) is 14.1 Å². The molecule has 0 spiro atoms. The topological polar surface area (TPSA) is 77.5 Å². The molecule has 0 aromatic carbocycles. The minimum absolute atomic E-state index is 0.00783. The number of hydrogen-bond donors (Lipinski definition) is 0. The van der Waals surface area contributed by atoms with Crippen LogP contribution in [0.4, 0.5) is 0 Å². The van der Waals surface area contributed by atoms with Crippen molar-refractivity contribution in [1.82, 2.24) is 9.80 Å². The van der Waals surface area contributed by atoms with E-state index >= 15 is 0 Å². The van der Waals surface area contributed by atoms with Gasteiger partial charge in [0.2, 0.25) is 0 Å². The minimum Gasteiger partial charge on any atom is -0.467 e. The lowest BCUT2D eigenvalue weighted by atomic mass is 9.96. The highest BCUT2D eigenvalue weighted by Gasteiger charge is 2.36. The maximum Gasteiger partial charge on any atom is 0.272 e. The van der Waals surface area contributed by atoms with E-state index in [2.05, 4.69) is 0 Å². The number of furan rings is 1. The molecule has 0 unspecified atom stereocenters. The van der Waals surface area contributed by atoms with Gasteiger partial charge in [-0.25, -0.2) is 0 Å². The fourth-order valence-electron chi connectivity index (χ4n) is 2.07. The van der Waals surface area contributed by atoms with E-state index in [1.54, 1.807) is 44.3 Å². The molecule has 0 N–H and O–H groups in total. The van der Waals surface area contributed by atoms with Gasteiger partial charge in [0.25, 0.3) is 11.8 Å². The Kier molecular flexibility index (Phi) is 3.94. The molecule has 1 aliphatic heterocycles. The molecule has 1 aromatic rings. The Morgan fingerprint density at radius 3 is 2.62 bits per heavy atom. The summed E-state index contributed by atoms with van der Waals surface area (Å²) in [6, 6.07) is 5.23. The number of imide groups is 1. The second-order valence-corrected chi connectivity index (χ2v) is 4.89. The van der Waals surface area contributed by atoms with Gasteiger partial charge in [0.1, 0.15) is 17.4 Å². The van der Waals surface area contributed by atoms with Gasteiger partial charge in [-0.2, -0.15) is 5.26 Å². The summed E-state index contributed by atoms with van der Waals surface area (Å²) in [5.74, 6) is -0.536. The average molecular weight is 285 g/mol. The highest BCUT2D eigenvalue weighted by atomic mass is 16.3. The summed E-state index contributed by atoms with van der Waals surface area (Å²) in [4.78, 5) is 27.5. The van der Waals surface area contributed by atoms with E-state index in [0.29, 0.717) is 16.9 Å². The van der Waals surface area contributed by atoms with Crippen LogP contribution in [0.5, 0.6) is 0 Å². The Balaban J connectivity index is 2.47. The monoisotopic (exact) mass is 285 g/mol. The van der Waals surface area contributed by atoms with Crippen LogP contribution in [0, 0.1) is 11.3 Å². The van der Waals surface area contributed by atoms with Crippen molar-refractivity contribution >= 4 is 11.8 Å². The van der Waals surface area contributed by atoms with Crippen molar-refractivity contribution in [3.8, 4) is 6.07 Å². The minimum atomic E-state index is -0.590. The summed E-state index contributed by atoms with van der Waals surface area (Å²) in [6.45, 7) is 1.61. The summed E-state index contributed by atoms with van der Waals surface area (Å²) in [5.41, 5.74) is 0.717. The molecule has 0 saturated carbocycles. The van der Waals surface area contributed by atoms with E-state index in [9.17, 15) is 14.9 Å². The summed E-state index contributed by atoms with van der Waals surface area (Å²) >= 11 is 0. The molecule has 0 fully saturated rings. The molecule has 0 bridgehead atoms. The number of nitrogens with zero attached hydrogens (tertiary/aromatic N) is 3. The van der Waals surface area contributed by atoms with Crippen molar-refractivity contribution in [1.29, 1.82) is 5.26 Å². The molecule has 0 atom stereocenters. The van der Waals surface area contributed by atoms with Crippen molar-refractivity contribution in [2.45, 2.75) is 13.5 Å². The van der Waals surface area contributed by atoms with Gasteiger partial charge >= 0.3 is 0 Å². The Morgan fingerprint density at radius 2 is 2.10 bits per heavy atom. The molecule has 6 nitrogen and oxygen atoms in total. The molecule has 6 heteroatoms. The Bertz CT molecular complexity index is 676. The van der Waals surface area contributed by atoms with E-state index in [-0.39, 0.29) is 12.1 Å². The predicted octanol–water partition coefficient (Wildman–Crippen LogP) is 1.43. The van der Waals surface area contributed by atoms with Gasteiger partial charge in [0.15, 0.2) is 0 Å². The standard InChI is InChI=1S/C15H15N3O3/c1-10-12(7-16)14(19)18(8-11-5-4-6-21-11)15(20)13(10)9-17(2)3/h4-6,9H,8H2,1-3H3. The molecule has 2 amide bonds. The van der Waals surface area contributed by atoms with E-state index in [1.807, 2.05) is 6.07 Å². The second-order valence-electron chi connectivity index (χ2n) is 4.89. The largest absolute Gasteiger partial charge is 0.467 e.